The van der Waals surface area contributed by atoms with Gasteiger partial charge in [-0.15, -0.1) is 0 Å². The fourth-order valence-corrected chi connectivity index (χ4v) is 2.72. The van der Waals surface area contributed by atoms with Crippen molar-refractivity contribution in [3.8, 4) is 6.07 Å². The molecule has 5 heteroatoms. The van der Waals surface area contributed by atoms with E-state index in [1.165, 1.54) is 0 Å². The Morgan fingerprint density at radius 3 is 2.65 bits per heavy atom. The maximum atomic E-state index is 12.5. The summed E-state index contributed by atoms with van der Waals surface area (Å²) in [5.74, 6) is 0.135. The molecule has 0 unspecified atom stereocenters. The molecule has 0 saturated heterocycles. The minimum atomic E-state index is -0.179. The fourth-order valence-electron chi connectivity index (χ4n) is 2.34. The largest absolute Gasteiger partial charge is 0.451 e. The Balaban J connectivity index is 1.78. The number of nitrogens with zero attached hydrogens (tertiary/aromatic N) is 2. The molecule has 23 heavy (non-hydrogen) atoms. The number of nitriles is 1. The molecule has 0 aliphatic carbocycles. The van der Waals surface area contributed by atoms with Crippen molar-refractivity contribution in [2.45, 2.75) is 6.54 Å². The SMILES string of the molecule is CN(Cc1ccc(C#N)cc1)C(=O)c1cc2cc(Br)ccc2o1. The Morgan fingerprint density at radius 1 is 1.22 bits per heavy atom. The van der Waals surface area contributed by atoms with Crippen LogP contribution >= 0.6 is 15.9 Å². The van der Waals surface area contributed by atoms with E-state index in [0.29, 0.717) is 23.5 Å². The Kier molecular flexibility index (Phi) is 4.18. The van der Waals surface area contributed by atoms with Crippen LogP contribution in [0.3, 0.4) is 0 Å². The molecule has 0 atom stereocenters. The van der Waals surface area contributed by atoms with Crippen LogP contribution in [-0.4, -0.2) is 17.9 Å². The number of amides is 1. The standard InChI is InChI=1S/C18H13BrN2O2/c1-21(11-13-4-2-12(10-20)3-5-13)18(22)17-9-14-8-15(19)6-7-16(14)23-17/h2-9H,11H2,1H3. The summed E-state index contributed by atoms with van der Waals surface area (Å²) in [6.07, 6.45) is 0. The molecule has 0 fully saturated rings. The molecule has 2 aromatic carbocycles. The first-order valence-electron chi connectivity index (χ1n) is 7.00. The van der Waals surface area contributed by atoms with Gasteiger partial charge in [0.2, 0.25) is 0 Å². The van der Waals surface area contributed by atoms with Crippen molar-refractivity contribution < 1.29 is 9.21 Å². The first-order chi connectivity index (χ1) is 11.1. The second kappa shape index (κ2) is 6.27. The second-order valence-electron chi connectivity index (χ2n) is 5.26. The van der Waals surface area contributed by atoms with Crippen LogP contribution < -0.4 is 0 Å². The Hall–Kier alpha value is -2.58. The van der Waals surface area contributed by atoms with E-state index in [1.54, 1.807) is 30.1 Å². The summed E-state index contributed by atoms with van der Waals surface area (Å²) in [6.45, 7) is 0.450. The molecule has 1 aromatic heterocycles. The minimum absolute atomic E-state index is 0.179. The van der Waals surface area contributed by atoms with Crippen LogP contribution in [-0.2, 0) is 6.54 Å². The molecule has 0 aliphatic rings. The van der Waals surface area contributed by atoms with Gasteiger partial charge in [0.05, 0.1) is 11.6 Å². The fraction of sp³-hybridized carbons (Fsp3) is 0.111. The molecule has 114 valence electrons. The Bertz CT molecular complexity index is 907. The highest BCUT2D eigenvalue weighted by Crippen LogP contribution is 2.24. The van der Waals surface area contributed by atoms with Gasteiger partial charge in [-0.2, -0.15) is 5.26 Å². The topological polar surface area (TPSA) is 57.2 Å². The molecule has 0 aliphatic heterocycles. The zero-order valence-corrected chi connectivity index (χ0v) is 14.0. The van der Waals surface area contributed by atoms with Crippen LogP contribution in [0.25, 0.3) is 11.0 Å². The van der Waals surface area contributed by atoms with Gasteiger partial charge < -0.3 is 9.32 Å². The summed E-state index contributed by atoms with van der Waals surface area (Å²) in [6, 6.07) is 16.6. The quantitative estimate of drug-likeness (QED) is 0.690. The van der Waals surface area contributed by atoms with Crippen LogP contribution in [0.1, 0.15) is 21.7 Å². The summed E-state index contributed by atoms with van der Waals surface area (Å²) in [4.78, 5) is 14.1. The smallest absolute Gasteiger partial charge is 0.289 e. The highest BCUT2D eigenvalue weighted by atomic mass is 79.9. The predicted octanol–water partition coefficient (Wildman–Crippen LogP) is 4.34. The van der Waals surface area contributed by atoms with E-state index in [0.717, 1.165) is 15.4 Å². The lowest BCUT2D eigenvalue weighted by Crippen LogP contribution is -2.25. The van der Waals surface area contributed by atoms with Crippen LogP contribution in [0.5, 0.6) is 0 Å². The van der Waals surface area contributed by atoms with Crippen LogP contribution in [0, 0.1) is 11.3 Å². The van der Waals surface area contributed by atoms with Crippen LogP contribution in [0.2, 0.25) is 0 Å². The summed E-state index contributed by atoms with van der Waals surface area (Å²) in [5, 5.41) is 9.69. The third-order valence-corrected chi connectivity index (χ3v) is 4.03. The molecule has 3 rings (SSSR count). The van der Waals surface area contributed by atoms with E-state index in [4.69, 9.17) is 9.68 Å². The van der Waals surface area contributed by atoms with E-state index in [-0.39, 0.29) is 5.91 Å². The third kappa shape index (κ3) is 3.27. The number of furan rings is 1. The summed E-state index contributed by atoms with van der Waals surface area (Å²) >= 11 is 3.40. The highest BCUT2D eigenvalue weighted by Gasteiger charge is 2.17. The average molecular weight is 369 g/mol. The van der Waals surface area contributed by atoms with E-state index in [1.807, 2.05) is 30.3 Å². The molecule has 0 N–H and O–H groups in total. The average Bonchev–Trinajstić information content (AvgIpc) is 2.97. The summed E-state index contributed by atoms with van der Waals surface area (Å²) < 4.78 is 6.57. The highest BCUT2D eigenvalue weighted by molar-refractivity contribution is 9.10. The maximum Gasteiger partial charge on any atom is 0.289 e. The lowest BCUT2D eigenvalue weighted by molar-refractivity contribution is 0.0756. The Morgan fingerprint density at radius 2 is 1.96 bits per heavy atom. The van der Waals surface area contributed by atoms with Crippen molar-refractivity contribution in [3.63, 3.8) is 0 Å². The van der Waals surface area contributed by atoms with E-state index in [2.05, 4.69) is 22.0 Å². The Labute approximate surface area is 142 Å². The van der Waals surface area contributed by atoms with Crippen molar-refractivity contribution >= 4 is 32.8 Å². The van der Waals surface area contributed by atoms with Crippen molar-refractivity contribution in [1.82, 2.24) is 4.90 Å². The van der Waals surface area contributed by atoms with Crippen LogP contribution in [0.4, 0.5) is 0 Å². The molecule has 0 spiro atoms. The van der Waals surface area contributed by atoms with Crippen molar-refractivity contribution in [2.75, 3.05) is 7.05 Å². The molecule has 4 nitrogen and oxygen atoms in total. The monoisotopic (exact) mass is 368 g/mol. The van der Waals surface area contributed by atoms with Crippen molar-refractivity contribution in [1.29, 1.82) is 5.26 Å². The van der Waals surface area contributed by atoms with Crippen LogP contribution in [0.15, 0.2) is 57.4 Å². The number of benzene rings is 2. The lowest BCUT2D eigenvalue weighted by atomic mass is 10.1. The second-order valence-corrected chi connectivity index (χ2v) is 6.18. The van der Waals surface area contributed by atoms with Crippen molar-refractivity contribution in [3.05, 3.63) is 69.9 Å². The number of fused-ring (bicyclic) bond motifs is 1. The number of carbonyl (C=O) groups excluding carboxylic acids is 1. The number of hydrogen-bond donors (Lipinski definition) is 0. The first kappa shape index (κ1) is 15.3. The van der Waals surface area contributed by atoms with Gasteiger partial charge in [-0.25, -0.2) is 0 Å². The number of carbonyl (C=O) groups is 1. The van der Waals surface area contributed by atoms with Gasteiger partial charge in [0.1, 0.15) is 5.58 Å². The molecule has 3 aromatic rings. The van der Waals surface area contributed by atoms with E-state index < -0.39 is 0 Å². The van der Waals surface area contributed by atoms with Crippen molar-refractivity contribution in [2.24, 2.45) is 0 Å². The predicted molar refractivity (Wildman–Crippen MR) is 90.9 cm³/mol. The van der Waals surface area contributed by atoms with Gasteiger partial charge in [-0.3, -0.25) is 4.79 Å². The van der Waals surface area contributed by atoms with Gasteiger partial charge in [0.25, 0.3) is 5.91 Å². The lowest BCUT2D eigenvalue weighted by Gasteiger charge is -2.15. The number of halogens is 1. The zero-order valence-electron chi connectivity index (χ0n) is 12.4. The van der Waals surface area contributed by atoms with Gasteiger partial charge in [-0.1, -0.05) is 28.1 Å². The maximum absolute atomic E-state index is 12.5. The third-order valence-electron chi connectivity index (χ3n) is 3.54. The summed E-state index contributed by atoms with van der Waals surface area (Å²) in [5.41, 5.74) is 2.24. The van der Waals surface area contributed by atoms with Gasteiger partial charge >= 0.3 is 0 Å². The molecular formula is C18H13BrN2O2. The molecule has 0 saturated carbocycles. The normalized spacial score (nSPS) is 10.5. The molecule has 1 heterocycles. The van der Waals surface area contributed by atoms with Gasteiger partial charge in [0.15, 0.2) is 5.76 Å². The zero-order chi connectivity index (χ0) is 16.4. The minimum Gasteiger partial charge on any atom is -0.451 e. The number of hydrogen-bond acceptors (Lipinski definition) is 3. The molecule has 0 radical (unpaired) electrons. The molecule has 0 bridgehead atoms. The van der Waals surface area contributed by atoms with E-state index in [9.17, 15) is 4.79 Å². The summed E-state index contributed by atoms with van der Waals surface area (Å²) in [7, 11) is 1.73. The number of rotatable bonds is 3. The molecule has 1 amide bonds. The molecular weight excluding hydrogens is 356 g/mol. The first-order valence-corrected chi connectivity index (χ1v) is 7.80. The van der Waals surface area contributed by atoms with Gasteiger partial charge in [-0.05, 0) is 42.0 Å². The van der Waals surface area contributed by atoms with Gasteiger partial charge in [0, 0.05) is 23.5 Å². The van der Waals surface area contributed by atoms with E-state index >= 15 is 0 Å².